The molecular formula is C11H16F2N4. The first kappa shape index (κ1) is 11.1. The highest BCUT2D eigenvalue weighted by Gasteiger charge is 2.37. The molecule has 1 aromatic rings. The number of nitrogens with one attached hydrogen (secondary N) is 1. The molecule has 17 heavy (non-hydrogen) atoms. The van der Waals surface area contributed by atoms with E-state index in [9.17, 15) is 8.78 Å². The molecule has 94 valence electrons. The van der Waals surface area contributed by atoms with Gasteiger partial charge in [-0.1, -0.05) is 0 Å². The molecule has 6 heteroatoms. The Labute approximate surface area is 98.4 Å². The molecule has 0 aromatic carbocycles. The Morgan fingerprint density at radius 3 is 2.76 bits per heavy atom. The van der Waals surface area contributed by atoms with Gasteiger partial charge in [0, 0.05) is 31.8 Å². The molecule has 1 saturated carbocycles. The number of fused-ring (bicyclic) bond motifs is 1. The summed E-state index contributed by atoms with van der Waals surface area (Å²) in [5, 5.41) is 11.6. The predicted octanol–water partition coefficient (Wildman–Crippen LogP) is 1.67. The van der Waals surface area contributed by atoms with Crippen molar-refractivity contribution in [1.29, 1.82) is 0 Å². The molecular weight excluding hydrogens is 226 g/mol. The third-order valence-corrected chi connectivity index (χ3v) is 3.73. The van der Waals surface area contributed by atoms with Crippen LogP contribution in [0.25, 0.3) is 0 Å². The zero-order chi connectivity index (χ0) is 11.9. The van der Waals surface area contributed by atoms with Crippen LogP contribution in [0.2, 0.25) is 0 Å². The summed E-state index contributed by atoms with van der Waals surface area (Å²) in [5.74, 6) is -0.461. The van der Waals surface area contributed by atoms with Crippen molar-refractivity contribution in [2.45, 2.75) is 50.6 Å². The van der Waals surface area contributed by atoms with Gasteiger partial charge in [0.2, 0.25) is 5.92 Å². The molecule has 0 bridgehead atoms. The van der Waals surface area contributed by atoms with Crippen LogP contribution in [-0.4, -0.2) is 27.2 Å². The van der Waals surface area contributed by atoms with E-state index in [1.54, 1.807) is 0 Å². The number of rotatable bonds is 1. The van der Waals surface area contributed by atoms with Crippen molar-refractivity contribution >= 4 is 0 Å². The highest BCUT2D eigenvalue weighted by atomic mass is 19.3. The van der Waals surface area contributed by atoms with Gasteiger partial charge < -0.3 is 9.88 Å². The van der Waals surface area contributed by atoms with Crippen molar-refractivity contribution in [1.82, 2.24) is 20.1 Å². The number of aromatic nitrogens is 3. The lowest BCUT2D eigenvalue weighted by atomic mass is 9.86. The van der Waals surface area contributed by atoms with Crippen molar-refractivity contribution in [3.8, 4) is 0 Å². The summed E-state index contributed by atoms with van der Waals surface area (Å²) in [6.45, 7) is 2.49. The average molecular weight is 242 g/mol. The SMILES string of the molecule is FC1(F)CCC(c2nnc3n2CCNC3)CC1. The molecule has 1 aliphatic carbocycles. The standard InChI is InChI=1S/C11H16F2N4/c12-11(13)3-1-8(2-4-11)10-16-15-9-7-14-5-6-17(9)10/h8,14H,1-7H2. The molecule has 0 saturated heterocycles. The minimum Gasteiger partial charge on any atom is -0.312 e. The molecule has 3 rings (SSSR count). The second-order valence-electron chi connectivity index (χ2n) is 4.93. The van der Waals surface area contributed by atoms with Crippen molar-refractivity contribution in [3.63, 3.8) is 0 Å². The van der Waals surface area contributed by atoms with E-state index in [0.29, 0.717) is 12.8 Å². The zero-order valence-corrected chi connectivity index (χ0v) is 9.62. The van der Waals surface area contributed by atoms with E-state index in [-0.39, 0.29) is 18.8 Å². The van der Waals surface area contributed by atoms with Gasteiger partial charge >= 0.3 is 0 Å². The van der Waals surface area contributed by atoms with Crippen LogP contribution in [-0.2, 0) is 13.1 Å². The molecule has 1 aromatic heterocycles. The predicted molar refractivity (Wildman–Crippen MR) is 57.9 cm³/mol. The second kappa shape index (κ2) is 4.01. The summed E-state index contributed by atoms with van der Waals surface area (Å²) >= 11 is 0. The van der Waals surface area contributed by atoms with Gasteiger partial charge in [0.25, 0.3) is 0 Å². The summed E-state index contributed by atoms with van der Waals surface area (Å²) in [5.41, 5.74) is 0. The Morgan fingerprint density at radius 1 is 1.24 bits per heavy atom. The molecule has 0 unspecified atom stereocenters. The van der Waals surface area contributed by atoms with Gasteiger partial charge in [-0.05, 0) is 12.8 Å². The zero-order valence-electron chi connectivity index (χ0n) is 9.62. The van der Waals surface area contributed by atoms with Gasteiger partial charge in [-0.2, -0.15) is 0 Å². The van der Waals surface area contributed by atoms with E-state index in [1.165, 1.54) is 0 Å². The summed E-state index contributed by atoms with van der Waals surface area (Å²) in [4.78, 5) is 0. The third-order valence-electron chi connectivity index (χ3n) is 3.73. The average Bonchev–Trinajstić information content (AvgIpc) is 2.73. The first-order valence-corrected chi connectivity index (χ1v) is 6.16. The second-order valence-corrected chi connectivity index (χ2v) is 4.93. The number of halogens is 2. The Bertz CT molecular complexity index is 406. The van der Waals surface area contributed by atoms with Gasteiger partial charge in [-0.15, -0.1) is 10.2 Å². The van der Waals surface area contributed by atoms with Crippen LogP contribution in [0.3, 0.4) is 0 Å². The minimum absolute atomic E-state index is 0.0158. The van der Waals surface area contributed by atoms with Crippen LogP contribution in [0.4, 0.5) is 8.78 Å². The number of hydrogen-bond donors (Lipinski definition) is 1. The third kappa shape index (κ3) is 2.06. The van der Waals surface area contributed by atoms with Gasteiger partial charge in [0.05, 0.1) is 6.54 Å². The molecule has 1 fully saturated rings. The van der Waals surface area contributed by atoms with Crippen LogP contribution in [0.5, 0.6) is 0 Å². The van der Waals surface area contributed by atoms with E-state index in [4.69, 9.17) is 0 Å². The smallest absolute Gasteiger partial charge is 0.248 e. The topological polar surface area (TPSA) is 42.7 Å². The maximum atomic E-state index is 13.1. The van der Waals surface area contributed by atoms with Gasteiger partial charge in [-0.3, -0.25) is 0 Å². The summed E-state index contributed by atoms with van der Waals surface area (Å²) < 4.78 is 28.3. The van der Waals surface area contributed by atoms with Crippen molar-refractivity contribution < 1.29 is 8.78 Å². The fraction of sp³-hybridized carbons (Fsp3) is 0.818. The van der Waals surface area contributed by atoms with E-state index in [0.717, 1.165) is 31.3 Å². The quantitative estimate of drug-likeness (QED) is 0.814. The summed E-state index contributed by atoms with van der Waals surface area (Å²) in [6, 6.07) is 0. The lowest BCUT2D eigenvalue weighted by Gasteiger charge is -2.28. The van der Waals surface area contributed by atoms with E-state index >= 15 is 0 Å². The maximum absolute atomic E-state index is 13.1. The monoisotopic (exact) mass is 242 g/mol. The summed E-state index contributed by atoms with van der Waals surface area (Å²) in [7, 11) is 0. The van der Waals surface area contributed by atoms with E-state index in [1.807, 2.05) is 0 Å². The van der Waals surface area contributed by atoms with Crippen LogP contribution in [0, 0.1) is 0 Å². The van der Waals surface area contributed by atoms with Crippen LogP contribution in [0.15, 0.2) is 0 Å². The van der Waals surface area contributed by atoms with Crippen molar-refractivity contribution in [2.24, 2.45) is 0 Å². The molecule has 0 spiro atoms. The molecule has 0 amide bonds. The molecule has 2 heterocycles. The van der Waals surface area contributed by atoms with Crippen LogP contribution in [0.1, 0.15) is 43.3 Å². The Morgan fingerprint density at radius 2 is 2.00 bits per heavy atom. The van der Waals surface area contributed by atoms with Gasteiger partial charge in [-0.25, -0.2) is 8.78 Å². The van der Waals surface area contributed by atoms with Crippen molar-refractivity contribution in [2.75, 3.05) is 6.54 Å². The lowest BCUT2D eigenvalue weighted by molar-refractivity contribution is -0.0390. The molecule has 2 aliphatic rings. The van der Waals surface area contributed by atoms with E-state index in [2.05, 4.69) is 20.1 Å². The molecule has 0 radical (unpaired) electrons. The number of hydrogen-bond acceptors (Lipinski definition) is 3. The fourth-order valence-corrected chi connectivity index (χ4v) is 2.71. The van der Waals surface area contributed by atoms with Gasteiger partial charge in [0.1, 0.15) is 11.6 Å². The minimum atomic E-state index is -2.47. The number of nitrogens with zero attached hydrogens (tertiary/aromatic N) is 3. The van der Waals surface area contributed by atoms with Crippen LogP contribution >= 0.6 is 0 Å². The largest absolute Gasteiger partial charge is 0.312 e. The van der Waals surface area contributed by atoms with E-state index < -0.39 is 5.92 Å². The Hall–Kier alpha value is -1.04. The maximum Gasteiger partial charge on any atom is 0.248 e. The Balaban J connectivity index is 1.79. The first-order chi connectivity index (χ1) is 8.16. The number of alkyl halides is 2. The first-order valence-electron chi connectivity index (χ1n) is 6.16. The summed E-state index contributed by atoms with van der Waals surface area (Å²) in [6.07, 6.45) is 1.02. The highest BCUT2D eigenvalue weighted by Crippen LogP contribution is 2.40. The molecule has 1 aliphatic heterocycles. The fourth-order valence-electron chi connectivity index (χ4n) is 2.71. The molecule has 0 atom stereocenters. The lowest BCUT2D eigenvalue weighted by Crippen LogP contribution is -2.31. The Kier molecular flexibility index (Phi) is 2.61. The molecule has 4 nitrogen and oxygen atoms in total. The van der Waals surface area contributed by atoms with Gasteiger partial charge in [0.15, 0.2) is 0 Å². The highest BCUT2D eigenvalue weighted by molar-refractivity contribution is 5.06. The normalized spacial score (nSPS) is 24.6. The molecule has 1 N–H and O–H groups in total. The van der Waals surface area contributed by atoms with Crippen LogP contribution < -0.4 is 5.32 Å². The van der Waals surface area contributed by atoms with Crippen molar-refractivity contribution in [3.05, 3.63) is 11.6 Å².